The molecular weight excluding hydrogens is 308 g/mol. The van der Waals surface area contributed by atoms with Gasteiger partial charge in [-0.25, -0.2) is 0 Å². The van der Waals surface area contributed by atoms with Crippen molar-refractivity contribution in [1.82, 2.24) is 19.9 Å². The molecule has 0 unspecified atom stereocenters. The number of amides is 2. The lowest BCUT2D eigenvalue weighted by atomic mass is 10.0. The van der Waals surface area contributed by atoms with Crippen LogP contribution in [0.2, 0.25) is 0 Å². The highest BCUT2D eigenvalue weighted by Crippen LogP contribution is 2.21. The van der Waals surface area contributed by atoms with Crippen LogP contribution in [0.1, 0.15) is 42.9 Å². The van der Waals surface area contributed by atoms with Crippen LogP contribution in [0.5, 0.6) is 0 Å². The van der Waals surface area contributed by atoms with Crippen LogP contribution in [-0.4, -0.2) is 76.5 Å². The van der Waals surface area contributed by atoms with Crippen molar-refractivity contribution in [2.45, 2.75) is 45.7 Å². The van der Waals surface area contributed by atoms with Crippen molar-refractivity contribution in [3.63, 3.8) is 0 Å². The number of piperazine rings is 1. The van der Waals surface area contributed by atoms with Gasteiger partial charge in [0.25, 0.3) is 5.91 Å². The van der Waals surface area contributed by atoms with E-state index in [4.69, 9.17) is 4.52 Å². The number of carbonyl (C=O) groups is 2. The second-order valence-corrected chi connectivity index (χ2v) is 6.94. The number of aryl methyl sites for hydroxylation is 1. The van der Waals surface area contributed by atoms with Gasteiger partial charge in [-0.2, -0.15) is 0 Å². The van der Waals surface area contributed by atoms with E-state index in [2.05, 4.69) is 23.9 Å². The lowest BCUT2D eigenvalue weighted by Gasteiger charge is -2.43. The SMILES string of the molecule is Cc1cc(C(=O)N2CCN([C@@H]3CCCN(C(C)C)C3=O)CC2)on1. The van der Waals surface area contributed by atoms with E-state index in [0.717, 1.165) is 32.5 Å². The summed E-state index contributed by atoms with van der Waals surface area (Å²) in [4.78, 5) is 31.1. The molecule has 3 rings (SSSR count). The average Bonchev–Trinajstić information content (AvgIpc) is 3.01. The molecule has 0 bridgehead atoms. The summed E-state index contributed by atoms with van der Waals surface area (Å²) in [6.45, 7) is 9.46. The Bertz CT molecular complexity index is 605. The van der Waals surface area contributed by atoms with Crippen molar-refractivity contribution >= 4 is 11.8 Å². The highest BCUT2D eigenvalue weighted by Gasteiger charge is 2.36. The van der Waals surface area contributed by atoms with Gasteiger partial charge in [0.1, 0.15) is 0 Å². The Morgan fingerprint density at radius 3 is 2.54 bits per heavy atom. The smallest absolute Gasteiger partial charge is 0.292 e. The van der Waals surface area contributed by atoms with Gasteiger partial charge >= 0.3 is 0 Å². The molecule has 0 aromatic carbocycles. The van der Waals surface area contributed by atoms with Gasteiger partial charge in [0.05, 0.1) is 11.7 Å². The minimum atomic E-state index is -0.117. The Labute approximate surface area is 142 Å². The lowest BCUT2D eigenvalue weighted by Crippen LogP contribution is -2.59. The van der Waals surface area contributed by atoms with Gasteiger partial charge in [-0.3, -0.25) is 14.5 Å². The molecule has 2 aliphatic rings. The van der Waals surface area contributed by atoms with Crippen LogP contribution in [0.3, 0.4) is 0 Å². The summed E-state index contributed by atoms with van der Waals surface area (Å²) in [6, 6.07) is 1.88. The minimum absolute atomic E-state index is 0.0362. The van der Waals surface area contributed by atoms with E-state index in [9.17, 15) is 9.59 Å². The van der Waals surface area contributed by atoms with E-state index in [1.165, 1.54) is 0 Å². The second kappa shape index (κ2) is 6.93. The molecule has 1 atom stereocenters. The first-order valence-electron chi connectivity index (χ1n) is 8.74. The Hall–Kier alpha value is -1.89. The zero-order valence-corrected chi connectivity index (χ0v) is 14.7. The molecule has 7 heteroatoms. The summed E-state index contributed by atoms with van der Waals surface area (Å²) in [5.74, 6) is 0.414. The number of likely N-dealkylation sites (tertiary alicyclic amines) is 1. The molecule has 7 nitrogen and oxygen atoms in total. The van der Waals surface area contributed by atoms with Crippen LogP contribution < -0.4 is 0 Å². The first-order valence-corrected chi connectivity index (χ1v) is 8.74. The second-order valence-electron chi connectivity index (χ2n) is 6.94. The Balaban J connectivity index is 1.58. The van der Waals surface area contributed by atoms with E-state index >= 15 is 0 Å². The van der Waals surface area contributed by atoms with Crippen molar-refractivity contribution in [2.75, 3.05) is 32.7 Å². The molecule has 0 spiro atoms. The van der Waals surface area contributed by atoms with Crippen molar-refractivity contribution in [2.24, 2.45) is 0 Å². The molecule has 2 fully saturated rings. The molecule has 24 heavy (non-hydrogen) atoms. The normalized spacial score (nSPS) is 23.2. The number of piperidine rings is 1. The molecule has 2 aliphatic heterocycles. The fraction of sp³-hybridized carbons (Fsp3) is 0.706. The largest absolute Gasteiger partial charge is 0.351 e. The van der Waals surface area contributed by atoms with E-state index in [-0.39, 0.29) is 23.9 Å². The molecule has 2 saturated heterocycles. The van der Waals surface area contributed by atoms with Crippen molar-refractivity contribution < 1.29 is 14.1 Å². The number of nitrogens with zero attached hydrogens (tertiary/aromatic N) is 4. The number of rotatable bonds is 3. The molecule has 0 N–H and O–H groups in total. The number of carbonyl (C=O) groups excluding carboxylic acids is 2. The first-order chi connectivity index (χ1) is 11.5. The van der Waals surface area contributed by atoms with Crippen molar-refractivity contribution in [1.29, 1.82) is 0 Å². The highest BCUT2D eigenvalue weighted by molar-refractivity contribution is 5.91. The quantitative estimate of drug-likeness (QED) is 0.829. The topological polar surface area (TPSA) is 69.9 Å². The van der Waals surface area contributed by atoms with Crippen molar-refractivity contribution in [3.05, 3.63) is 17.5 Å². The van der Waals surface area contributed by atoms with Gasteiger partial charge in [-0.05, 0) is 33.6 Å². The Morgan fingerprint density at radius 1 is 1.25 bits per heavy atom. The zero-order chi connectivity index (χ0) is 17.3. The number of hydrogen-bond acceptors (Lipinski definition) is 5. The Morgan fingerprint density at radius 2 is 1.96 bits per heavy atom. The summed E-state index contributed by atoms with van der Waals surface area (Å²) in [5.41, 5.74) is 0.707. The maximum atomic E-state index is 12.7. The van der Waals surface area contributed by atoms with Gasteiger partial charge in [-0.15, -0.1) is 0 Å². The van der Waals surface area contributed by atoms with Crippen LogP contribution in [0.4, 0.5) is 0 Å². The molecule has 2 amide bonds. The minimum Gasteiger partial charge on any atom is -0.351 e. The lowest BCUT2D eigenvalue weighted by molar-refractivity contribution is -0.142. The fourth-order valence-corrected chi connectivity index (χ4v) is 3.59. The van der Waals surface area contributed by atoms with E-state index < -0.39 is 0 Å². The van der Waals surface area contributed by atoms with Gasteiger partial charge < -0.3 is 14.3 Å². The van der Waals surface area contributed by atoms with Crippen LogP contribution in [-0.2, 0) is 4.79 Å². The van der Waals surface area contributed by atoms with Crippen LogP contribution in [0.25, 0.3) is 0 Å². The van der Waals surface area contributed by atoms with Gasteiger partial charge in [0.15, 0.2) is 0 Å². The molecular formula is C17H26N4O3. The monoisotopic (exact) mass is 334 g/mol. The maximum Gasteiger partial charge on any atom is 0.292 e. The summed E-state index contributed by atoms with van der Waals surface area (Å²) >= 11 is 0. The molecule has 0 aliphatic carbocycles. The third kappa shape index (κ3) is 3.31. The molecule has 3 heterocycles. The number of aromatic nitrogens is 1. The fourth-order valence-electron chi connectivity index (χ4n) is 3.59. The van der Waals surface area contributed by atoms with E-state index in [1.807, 2.05) is 4.90 Å². The molecule has 132 valence electrons. The van der Waals surface area contributed by atoms with Crippen LogP contribution in [0.15, 0.2) is 10.6 Å². The van der Waals surface area contributed by atoms with E-state index in [1.54, 1.807) is 17.9 Å². The van der Waals surface area contributed by atoms with Crippen LogP contribution >= 0.6 is 0 Å². The van der Waals surface area contributed by atoms with Gasteiger partial charge in [0, 0.05) is 44.8 Å². The standard InChI is InChI=1S/C17H26N4O3/c1-12(2)21-6-4-5-14(16(21)22)19-7-9-20(10-8-19)17(23)15-11-13(3)18-24-15/h11-12,14H,4-10H2,1-3H3/t14-/m1/s1. The number of hydrogen-bond donors (Lipinski definition) is 0. The first kappa shape index (κ1) is 17.0. The molecule has 0 saturated carbocycles. The Kier molecular flexibility index (Phi) is 4.89. The van der Waals surface area contributed by atoms with Gasteiger partial charge in [0.2, 0.25) is 11.7 Å². The van der Waals surface area contributed by atoms with E-state index in [0.29, 0.717) is 24.5 Å². The van der Waals surface area contributed by atoms with Gasteiger partial charge in [-0.1, -0.05) is 5.16 Å². The summed E-state index contributed by atoms with van der Waals surface area (Å²) < 4.78 is 5.06. The van der Waals surface area contributed by atoms with Crippen LogP contribution in [0, 0.1) is 6.92 Å². The summed E-state index contributed by atoms with van der Waals surface area (Å²) in [5, 5.41) is 3.77. The predicted octanol–water partition coefficient (Wildman–Crippen LogP) is 1.14. The third-order valence-electron chi connectivity index (χ3n) is 4.95. The summed E-state index contributed by atoms with van der Waals surface area (Å²) in [7, 11) is 0. The zero-order valence-electron chi connectivity index (χ0n) is 14.7. The van der Waals surface area contributed by atoms with Crippen molar-refractivity contribution in [3.8, 4) is 0 Å². The molecule has 1 aromatic heterocycles. The average molecular weight is 334 g/mol. The maximum absolute atomic E-state index is 12.7. The predicted molar refractivity (Wildman–Crippen MR) is 88.6 cm³/mol. The highest BCUT2D eigenvalue weighted by atomic mass is 16.5. The molecule has 0 radical (unpaired) electrons. The molecule has 1 aromatic rings. The summed E-state index contributed by atoms with van der Waals surface area (Å²) in [6.07, 6.45) is 1.96. The third-order valence-corrected chi connectivity index (χ3v) is 4.95.